The van der Waals surface area contributed by atoms with Gasteiger partial charge in [0.05, 0.1) is 5.56 Å². The van der Waals surface area contributed by atoms with E-state index in [4.69, 9.17) is 9.52 Å². The van der Waals surface area contributed by atoms with E-state index in [9.17, 15) is 22.8 Å². The van der Waals surface area contributed by atoms with Gasteiger partial charge in [-0.1, -0.05) is 18.2 Å². The van der Waals surface area contributed by atoms with Gasteiger partial charge in [0, 0.05) is 12.0 Å². The molecule has 1 aromatic carbocycles. The summed E-state index contributed by atoms with van der Waals surface area (Å²) in [4.78, 5) is 22.7. The molecule has 5 nitrogen and oxygen atoms in total. The number of alkyl halides is 3. The fraction of sp³-hybridized carbons (Fsp3) is 0.250. The first kappa shape index (κ1) is 16.1. The number of amides is 1. The SMILES string of the molecule is O=C(O)c1ccc(C(=O)NC2CC2c2ccccc2C(F)(F)F)o1. The molecule has 1 fully saturated rings. The van der Waals surface area contributed by atoms with Crippen molar-refractivity contribution in [3.63, 3.8) is 0 Å². The van der Waals surface area contributed by atoms with E-state index in [0.717, 1.165) is 12.1 Å². The standard InChI is InChI=1S/C16H12F3NO4/c17-16(18,19)10-4-2-1-3-8(10)9-7-11(9)20-14(21)12-5-6-13(24-12)15(22)23/h1-6,9,11H,7H2,(H,20,21)(H,22,23). The fourth-order valence-electron chi connectivity index (χ4n) is 2.59. The minimum absolute atomic E-state index is 0.140. The molecule has 1 aliphatic rings. The number of carboxylic acid groups (broad SMARTS) is 1. The molecule has 3 rings (SSSR count). The number of furan rings is 1. The number of hydrogen-bond acceptors (Lipinski definition) is 3. The lowest BCUT2D eigenvalue weighted by Crippen LogP contribution is -2.26. The topological polar surface area (TPSA) is 79.5 Å². The van der Waals surface area contributed by atoms with Crippen LogP contribution in [0.1, 0.15) is 44.6 Å². The molecule has 126 valence electrons. The molecule has 1 saturated carbocycles. The average Bonchev–Trinajstić information content (AvgIpc) is 3.08. The van der Waals surface area contributed by atoms with Gasteiger partial charge in [-0.3, -0.25) is 4.79 Å². The minimum Gasteiger partial charge on any atom is -0.475 e. The van der Waals surface area contributed by atoms with Gasteiger partial charge in [0.2, 0.25) is 5.76 Å². The van der Waals surface area contributed by atoms with Crippen LogP contribution in [-0.2, 0) is 6.18 Å². The van der Waals surface area contributed by atoms with Crippen LogP contribution in [0.15, 0.2) is 40.8 Å². The number of benzene rings is 1. The van der Waals surface area contributed by atoms with Gasteiger partial charge in [-0.25, -0.2) is 4.79 Å². The summed E-state index contributed by atoms with van der Waals surface area (Å²) in [5, 5.41) is 11.3. The van der Waals surface area contributed by atoms with Crippen LogP contribution in [0.25, 0.3) is 0 Å². The Hall–Kier alpha value is -2.77. The normalized spacial score (nSPS) is 19.8. The molecule has 0 saturated heterocycles. The lowest BCUT2D eigenvalue weighted by atomic mass is 10.0. The average molecular weight is 339 g/mol. The number of carbonyl (C=O) groups is 2. The number of rotatable bonds is 4. The first-order chi connectivity index (χ1) is 11.3. The quantitative estimate of drug-likeness (QED) is 0.896. The molecule has 2 aromatic rings. The third-order valence-electron chi connectivity index (χ3n) is 3.81. The summed E-state index contributed by atoms with van der Waals surface area (Å²) in [7, 11) is 0. The summed E-state index contributed by atoms with van der Waals surface area (Å²) in [5.74, 6) is -2.96. The van der Waals surface area contributed by atoms with E-state index < -0.39 is 35.6 Å². The van der Waals surface area contributed by atoms with Crippen LogP contribution in [0.2, 0.25) is 0 Å². The molecule has 0 spiro atoms. The van der Waals surface area contributed by atoms with Gasteiger partial charge in [-0.15, -0.1) is 0 Å². The van der Waals surface area contributed by atoms with Crippen molar-refractivity contribution >= 4 is 11.9 Å². The van der Waals surface area contributed by atoms with Crippen LogP contribution >= 0.6 is 0 Å². The van der Waals surface area contributed by atoms with E-state index in [1.165, 1.54) is 24.3 Å². The Balaban J connectivity index is 1.70. The zero-order valence-corrected chi connectivity index (χ0v) is 12.1. The molecule has 1 heterocycles. The van der Waals surface area contributed by atoms with Crippen molar-refractivity contribution in [1.82, 2.24) is 5.32 Å². The van der Waals surface area contributed by atoms with Gasteiger partial charge in [0.1, 0.15) is 0 Å². The van der Waals surface area contributed by atoms with Crippen LogP contribution < -0.4 is 5.32 Å². The smallest absolute Gasteiger partial charge is 0.416 e. The molecule has 2 atom stereocenters. The zero-order chi connectivity index (χ0) is 17.5. The molecule has 0 radical (unpaired) electrons. The molecule has 1 aromatic heterocycles. The molecule has 2 unspecified atom stereocenters. The molecule has 2 N–H and O–H groups in total. The van der Waals surface area contributed by atoms with E-state index >= 15 is 0 Å². The number of carboxylic acids is 1. The lowest BCUT2D eigenvalue weighted by molar-refractivity contribution is -0.138. The Morgan fingerprint density at radius 1 is 1.12 bits per heavy atom. The maximum atomic E-state index is 13.0. The van der Waals surface area contributed by atoms with E-state index in [1.54, 1.807) is 0 Å². The Labute approximate surface area is 134 Å². The summed E-state index contributed by atoms with van der Waals surface area (Å²) >= 11 is 0. The summed E-state index contributed by atoms with van der Waals surface area (Å²) in [6.45, 7) is 0. The van der Waals surface area contributed by atoms with Crippen molar-refractivity contribution in [3.8, 4) is 0 Å². The molecular formula is C16H12F3NO4. The van der Waals surface area contributed by atoms with Gasteiger partial charge in [-0.05, 0) is 30.2 Å². The number of hydrogen-bond donors (Lipinski definition) is 2. The number of halogens is 3. The Morgan fingerprint density at radius 3 is 2.42 bits per heavy atom. The monoisotopic (exact) mass is 339 g/mol. The largest absolute Gasteiger partial charge is 0.475 e. The summed E-state index contributed by atoms with van der Waals surface area (Å²) in [6, 6.07) is 7.15. The van der Waals surface area contributed by atoms with Gasteiger partial charge in [0.25, 0.3) is 5.91 Å². The van der Waals surface area contributed by atoms with E-state index in [1.807, 2.05) is 0 Å². The first-order valence-electron chi connectivity index (χ1n) is 7.07. The summed E-state index contributed by atoms with van der Waals surface area (Å²) in [5.41, 5.74) is -0.570. The molecule has 0 bridgehead atoms. The highest BCUT2D eigenvalue weighted by Gasteiger charge is 2.45. The minimum atomic E-state index is -4.45. The van der Waals surface area contributed by atoms with Crippen molar-refractivity contribution in [1.29, 1.82) is 0 Å². The second-order valence-corrected chi connectivity index (χ2v) is 5.48. The molecular weight excluding hydrogens is 327 g/mol. The molecule has 1 aliphatic carbocycles. The highest BCUT2D eigenvalue weighted by Crippen LogP contribution is 2.46. The lowest BCUT2D eigenvalue weighted by Gasteiger charge is -2.12. The first-order valence-corrected chi connectivity index (χ1v) is 7.07. The molecule has 0 aliphatic heterocycles. The molecule has 24 heavy (non-hydrogen) atoms. The van der Waals surface area contributed by atoms with Gasteiger partial charge >= 0.3 is 12.1 Å². The number of nitrogens with one attached hydrogen (secondary N) is 1. The highest BCUT2D eigenvalue weighted by atomic mass is 19.4. The van der Waals surface area contributed by atoms with Crippen LogP contribution in [0.4, 0.5) is 13.2 Å². The van der Waals surface area contributed by atoms with Gasteiger partial charge < -0.3 is 14.8 Å². The predicted molar refractivity (Wildman–Crippen MR) is 75.7 cm³/mol. The van der Waals surface area contributed by atoms with E-state index in [2.05, 4.69) is 5.32 Å². The van der Waals surface area contributed by atoms with Crippen molar-refractivity contribution < 1.29 is 32.3 Å². The fourth-order valence-corrected chi connectivity index (χ4v) is 2.59. The van der Waals surface area contributed by atoms with Gasteiger partial charge in [-0.2, -0.15) is 13.2 Å². The highest BCUT2D eigenvalue weighted by molar-refractivity contribution is 5.94. The van der Waals surface area contributed by atoms with E-state index in [-0.39, 0.29) is 17.1 Å². The van der Waals surface area contributed by atoms with Crippen molar-refractivity contribution in [2.45, 2.75) is 24.6 Å². The summed E-state index contributed by atoms with van der Waals surface area (Å²) < 4.78 is 43.9. The second kappa shape index (κ2) is 5.70. The summed E-state index contributed by atoms with van der Waals surface area (Å²) in [6.07, 6.45) is -4.07. The van der Waals surface area contributed by atoms with E-state index in [0.29, 0.717) is 6.42 Å². The Morgan fingerprint density at radius 2 is 1.79 bits per heavy atom. The molecule has 8 heteroatoms. The Kier molecular flexibility index (Phi) is 3.82. The van der Waals surface area contributed by atoms with Crippen molar-refractivity contribution in [3.05, 3.63) is 59.0 Å². The van der Waals surface area contributed by atoms with Crippen LogP contribution in [0.3, 0.4) is 0 Å². The maximum absolute atomic E-state index is 13.0. The van der Waals surface area contributed by atoms with Crippen LogP contribution in [0.5, 0.6) is 0 Å². The predicted octanol–water partition coefficient (Wildman–Crippen LogP) is 3.28. The number of carbonyl (C=O) groups excluding carboxylic acids is 1. The third-order valence-corrected chi connectivity index (χ3v) is 3.81. The third kappa shape index (κ3) is 3.12. The Bertz CT molecular complexity index is 797. The maximum Gasteiger partial charge on any atom is 0.416 e. The zero-order valence-electron chi connectivity index (χ0n) is 12.1. The second-order valence-electron chi connectivity index (χ2n) is 5.48. The van der Waals surface area contributed by atoms with Crippen LogP contribution in [0, 0.1) is 0 Å². The number of aromatic carboxylic acids is 1. The van der Waals surface area contributed by atoms with Gasteiger partial charge in [0.15, 0.2) is 5.76 Å². The molecule has 1 amide bonds. The van der Waals surface area contributed by atoms with Crippen molar-refractivity contribution in [2.24, 2.45) is 0 Å². The van der Waals surface area contributed by atoms with Crippen LogP contribution in [-0.4, -0.2) is 23.0 Å². The van der Waals surface area contributed by atoms with Crippen molar-refractivity contribution in [2.75, 3.05) is 0 Å².